The minimum absolute atomic E-state index is 0.0207. The smallest absolute Gasteiger partial charge is 0.244 e. The summed E-state index contributed by atoms with van der Waals surface area (Å²) < 4.78 is 15.4. The summed E-state index contributed by atoms with van der Waals surface area (Å²) in [6.45, 7) is 1.02. The van der Waals surface area contributed by atoms with Crippen molar-refractivity contribution in [2.24, 2.45) is 0 Å². The molecule has 1 amide bonds. The SMILES string of the molecule is COc1ccc(C=CC(=O)NCCOCCO)cc1OC. The molecular formula is C15H21NO5. The van der Waals surface area contributed by atoms with Crippen molar-refractivity contribution in [3.05, 3.63) is 29.8 Å². The largest absolute Gasteiger partial charge is 0.493 e. The Morgan fingerprint density at radius 3 is 2.67 bits per heavy atom. The van der Waals surface area contributed by atoms with Gasteiger partial charge in [0.15, 0.2) is 11.5 Å². The van der Waals surface area contributed by atoms with Gasteiger partial charge in [0.2, 0.25) is 5.91 Å². The molecule has 0 saturated carbocycles. The molecule has 0 unspecified atom stereocenters. The number of carbonyl (C=O) groups excluding carboxylic acids is 1. The van der Waals surface area contributed by atoms with Crippen molar-refractivity contribution >= 4 is 12.0 Å². The van der Waals surface area contributed by atoms with Gasteiger partial charge in [-0.05, 0) is 23.8 Å². The van der Waals surface area contributed by atoms with Crippen LogP contribution in [-0.4, -0.2) is 51.6 Å². The van der Waals surface area contributed by atoms with Crippen molar-refractivity contribution in [1.29, 1.82) is 0 Å². The van der Waals surface area contributed by atoms with Crippen molar-refractivity contribution in [2.75, 3.05) is 40.6 Å². The standard InChI is InChI=1S/C15H21NO5/c1-19-13-5-3-12(11-14(13)20-2)4-6-15(18)16-7-9-21-10-8-17/h3-6,11,17H,7-10H2,1-2H3,(H,16,18). The van der Waals surface area contributed by atoms with E-state index in [0.717, 1.165) is 5.56 Å². The molecule has 0 heterocycles. The van der Waals surface area contributed by atoms with E-state index in [2.05, 4.69) is 5.32 Å². The first-order valence-electron chi connectivity index (χ1n) is 6.57. The molecule has 0 radical (unpaired) electrons. The van der Waals surface area contributed by atoms with Gasteiger partial charge in [-0.1, -0.05) is 6.07 Å². The summed E-state index contributed by atoms with van der Waals surface area (Å²) in [5, 5.41) is 11.2. The molecule has 116 valence electrons. The third kappa shape index (κ3) is 6.29. The van der Waals surface area contributed by atoms with Crippen LogP contribution in [0.25, 0.3) is 6.08 Å². The Balaban J connectivity index is 2.46. The predicted molar refractivity (Wildman–Crippen MR) is 79.5 cm³/mol. The van der Waals surface area contributed by atoms with Gasteiger partial charge < -0.3 is 24.6 Å². The average Bonchev–Trinajstić information content (AvgIpc) is 2.52. The van der Waals surface area contributed by atoms with Crippen LogP contribution in [0.5, 0.6) is 11.5 Å². The fraction of sp³-hybridized carbons (Fsp3) is 0.400. The Labute approximate surface area is 124 Å². The molecule has 0 aliphatic rings. The Morgan fingerprint density at radius 2 is 2.00 bits per heavy atom. The Bertz CT molecular complexity index is 473. The third-order valence-electron chi connectivity index (χ3n) is 2.62. The maximum Gasteiger partial charge on any atom is 0.244 e. The third-order valence-corrected chi connectivity index (χ3v) is 2.62. The molecule has 0 spiro atoms. The number of amides is 1. The predicted octanol–water partition coefficient (Wildman–Crippen LogP) is 0.842. The number of nitrogens with one attached hydrogen (secondary N) is 1. The topological polar surface area (TPSA) is 77.0 Å². The molecule has 1 aromatic rings. The van der Waals surface area contributed by atoms with Crippen molar-refractivity contribution < 1.29 is 24.1 Å². The lowest BCUT2D eigenvalue weighted by Gasteiger charge is -2.07. The van der Waals surface area contributed by atoms with Crippen LogP contribution in [0.1, 0.15) is 5.56 Å². The molecule has 0 saturated heterocycles. The van der Waals surface area contributed by atoms with Crippen LogP contribution in [0.4, 0.5) is 0 Å². The highest BCUT2D eigenvalue weighted by Crippen LogP contribution is 2.27. The highest BCUT2D eigenvalue weighted by molar-refractivity contribution is 5.91. The number of aliphatic hydroxyl groups is 1. The molecule has 0 aliphatic carbocycles. The van der Waals surface area contributed by atoms with E-state index in [9.17, 15) is 4.79 Å². The zero-order chi connectivity index (χ0) is 15.5. The van der Waals surface area contributed by atoms with Gasteiger partial charge in [-0.25, -0.2) is 0 Å². The summed E-state index contributed by atoms with van der Waals surface area (Å²) in [5.74, 6) is 1.04. The number of ether oxygens (including phenoxy) is 3. The maximum absolute atomic E-state index is 11.6. The lowest BCUT2D eigenvalue weighted by Crippen LogP contribution is -2.25. The van der Waals surface area contributed by atoms with Crippen LogP contribution in [0.15, 0.2) is 24.3 Å². The van der Waals surface area contributed by atoms with E-state index in [-0.39, 0.29) is 19.1 Å². The van der Waals surface area contributed by atoms with Gasteiger partial charge in [0.1, 0.15) is 0 Å². The van der Waals surface area contributed by atoms with E-state index in [1.807, 2.05) is 6.07 Å². The highest BCUT2D eigenvalue weighted by Gasteiger charge is 2.03. The van der Waals surface area contributed by atoms with Crippen LogP contribution in [0, 0.1) is 0 Å². The molecule has 2 N–H and O–H groups in total. The van der Waals surface area contributed by atoms with Crippen molar-refractivity contribution in [3.8, 4) is 11.5 Å². The number of aliphatic hydroxyl groups excluding tert-OH is 1. The van der Waals surface area contributed by atoms with E-state index in [4.69, 9.17) is 19.3 Å². The van der Waals surface area contributed by atoms with Gasteiger partial charge in [0.05, 0.1) is 34.0 Å². The first-order chi connectivity index (χ1) is 10.2. The summed E-state index contributed by atoms with van der Waals surface area (Å²) in [4.78, 5) is 11.6. The monoisotopic (exact) mass is 295 g/mol. The van der Waals surface area contributed by atoms with Gasteiger partial charge in [-0.3, -0.25) is 4.79 Å². The fourth-order valence-electron chi connectivity index (χ4n) is 1.60. The van der Waals surface area contributed by atoms with Gasteiger partial charge in [-0.15, -0.1) is 0 Å². The highest BCUT2D eigenvalue weighted by atomic mass is 16.5. The van der Waals surface area contributed by atoms with Crippen LogP contribution < -0.4 is 14.8 Å². The first-order valence-corrected chi connectivity index (χ1v) is 6.57. The number of carbonyl (C=O) groups is 1. The Hall–Kier alpha value is -2.05. The van der Waals surface area contributed by atoms with Gasteiger partial charge in [-0.2, -0.15) is 0 Å². The quantitative estimate of drug-likeness (QED) is 0.521. The first kappa shape index (κ1) is 17.0. The molecule has 0 fully saturated rings. The molecule has 0 aliphatic heterocycles. The van der Waals surface area contributed by atoms with Crippen molar-refractivity contribution in [2.45, 2.75) is 0 Å². The number of benzene rings is 1. The molecule has 0 atom stereocenters. The fourth-order valence-corrected chi connectivity index (χ4v) is 1.60. The molecule has 0 aromatic heterocycles. The van der Waals surface area contributed by atoms with Gasteiger partial charge >= 0.3 is 0 Å². The average molecular weight is 295 g/mol. The van der Waals surface area contributed by atoms with Crippen LogP contribution in [0.3, 0.4) is 0 Å². The maximum atomic E-state index is 11.6. The van der Waals surface area contributed by atoms with E-state index < -0.39 is 0 Å². The summed E-state index contributed by atoms with van der Waals surface area (Å²) in [5.41, 5.74) is 0.833. The second kappa shape index (κ2) is 9.79. The van der Waals surface area contributed by atoms with E-state index in [1.165, 1.54) is 6.08 Å². The van der Waals surface area contributed by atoms with Crippen LogP contribution >= 0.6 is 0 Å². The van der Waals surface area contributed by atoms with Crippen molar-refractivity contribution in [3.63, 3.8) is 0 Å². The normalized spacial score (nSPS) is 10.6. The van der Waals surface area contributed by atoms with E-state index in [0.29, 0.717) is 24.7 Å². The molecule has 6 nitrogen and oxygen atoms in total. The summed E-state index contributed by atoms with van der Waals surface area (Å²) in [6.07, 6.45) is 3.12. The molecule has 1 rings (SSSR count). The lowest BCUT2D eigenvalue weighted by atomic mass is 10.2. The van der Waals surface area contributed by atoms with Crippen LogP contribution in [0.2, 0.25) is 0 Å². The molecular weight excluding hydrogens is 274 g/mol. The van der Waals surface area contributed by atoms with Gasteiger partial charge in [0, 0.05) is 12.6 Å². The second-order valence-electron chi connectivity index (χ2n) is 4.07. The van der Waals surface area contributed by atoms with Crippen LogP contribution in [-0.2, 0) is 9.53 Å². The van der Waals surface area contributed by atoms with Crippen molar-refractivity contribution in [1.82, 2.24) is 5.32 Å². The number of methoxy groups -OCH3 is 2. The van der Waals surface area contributed by atoms with E-state index >= 15 is 0 Å². The zero-order valence-corrected chi connectivity index (χ0v) is 12.3. The number of hydrogen-bond acceptors (Lipinski definition) is 5. The summed E-state index contributed by atoms with van der Waals surface area (Å²) >= 11 is 0. The second-order valence-corrected chi connectivity index (χ2v) is 4.07. The molecule has 6 heteroatoms. The lowest BCUT2D eigenvalue weighted by molar-refractivity contribution is -0.116. The van der Waals surface area contributed by atoms with E-state index in [1.54, 1.807) is 32.4 Å². The number of rotatable bonds is 9. The Morgan fingerprint density at radius 1 is 1.24 bits per heavy atom. The van der Waals surface area contributed by atoms with Gasteiger partial charge in [0.25, 0.3) is 0 Å². The molecule has 21 heavy (non-hydrogen) atoms. The zero-order valence-electron chi connectivity index (χ0n) is 12.3. The summed E-state index contributed by atoms with van der Waals surface area (Å²) in [7, 11) is 3.13. The minimum atomic E-state index is -0.211. The Kier molecular flexibility index (Phi) is 7.93. The molecule has 0 bridgehead atoms. The minimum Gasteiger partial charge on any atom is -0.493 e. The number of hydrogen-bond donors (Lipinski definition) is 2. The summed E-state index contributed by atoms with van der Waals surface area (Å²) in [6, 6.07) is 5.39. The molecule has 1 aromatic carbocycles.